The molecule has 9 rings (SSSR count). The lowest BCUT2D eigenvalue weighted by atomic mass is 9.88. The van der Waals surface area contributed by atoms with Crippen molar-refractivity contribution in [2.24, 2.45) is 9.98 Å². The fourth-order valence-corrected chi connectivity index (χ4v) is 6.80. The molecule has 3 heterocycles. The number of nitrogens with zero attached hydrogens (tertiary/aromatic N) is 2. The molecule has 1 aromatic heterocycles. The number of nitrogens with one attached hydrogen (secondary N) is 2. The van der Waals surface area contributed by atoms with Crippen molar-refractivity contribution >= 4 is 39.5 Å². The van der Waals surface area contributed by atoms with Crippen molar-refractivity contribution in [1.29, 1.82) is 0 Å². The SMILES string of the molecule is C1=Cc2oc3ccccc3c2C(c2ccc(-c3ccc(C4=NC(c5ccccc5)N=C(c5ccccc5)N4)cc3)c3ccccc23)N1. The number of fused-ring (bicyclic) bond motifs is 4. The van der Waals surface area contributed by atoms with Crippen LogP contribution in [0.1, 0.15) is 45.8 Å². The number of amidine groups is 2. The van der Waals surface area contributed by atoms with Crippen LogP contribution in [0, 0.1) is 0 Å². The van der Waals surface area contributed by atoms with E-state index in [0.717, 1.165) is 50.7 Å². The van der Waals surface area contributed by atoms with Gasteiger partial charge in [0.25, 0.3) is 0 Å². The van der Waals surface area contributed by atoms with E-state index in [2.05, 4.69) is 108 Å². The van der Waals surface area contributed by atoms with Crippen molar-refractivity contribution in [3.63, 3.8) is 0 Å². The minimum atomic E-state index is -0.324. The summed E-state index contributed by atoms with van der Waals surface area (Å²) in [6.07, 6.45) is 3.69. The maximum absolute atomic E-state index is 6.22. The Labute approximate surface area is 272 Å². The molecule has 224 valence electrons. The van der Waals surface area contributed by atoms with Gasteiger partial charge in [-0.3, -0.25) is 0 Å². The summed E-state index contributed by atoms with van der Waals surface area (Å²) in [4.78, 5) is 10.0. The summed E-state index contributed by atoms with van der Waals surface area (Å²) in [5, 5.41) is 10.7. The second-order valence-electron chi connectivity index (χ2n) is 11.9. The van der Waals surface area contributed by atoms with Gasteiger partial charge in [0, 0.05) is 28.3 Å². The highest BCUT2D eigenvalue weighted by Crippen LogP contribution is 2.41. The van der Waals surface area contributed by atoms with Gasteiger partial charge in [-0.15, -0.1) is 0 Å². The molecule has 0 saturated carbocycles. The van der Waals surface area contributed by atoms with Gasteiger partial charge in [-0.25, -0.2) is 9.98 Å². The van der Waals surface area contributed by atoms with Crippen LogP contribution >= 0.6 is 0 Å². The Morgan fingerprint density at radius 1 is 0.532 bits per heavy atom. The van der Waals surface area contributed by atoms with Crippen molar-refractivity contribution in [2.75, 3.05) is 0 Å². The van der Waals surface area contributed by atoms with Crippen LogP contribution in [0.3, 0.4) is 0 Å². The van der Waals surface area contributed by atoms with Crippen molar-refractivity contribution in [3.8, 4) is 11.1 Å². The predicted octanol–water partition coefficient (Wildman–Crippen LogP) is 9.41. The third-order valence-corrected chi connectivity index (χ3v) is 9.07. The number of rotatable bonds is 5. The number of aliphatic imine (C=N–C) groups is 2. The second-order valence-corrected chi connectivity index (χ2v) is 11.9. The molecule has 2 N–H and O–H groups in total. The zero-order chi connectivity index (χ0) is 31.2. The highest BCUT2D eigenvalue weighted by Gasteiger charge is 2.27. The number of hydrogen-bond donors (Lipinski definition) is 2. The molecule has 2 aliphatic heterocycles. The molecule has 0 aliphatic carbocycles. The molecule has 0 radical (unpaired) electrons. The molecule has 0 bridgehead atoms. The van der Waals surface area contributed by atoms with Crippen molar-refractivity contribution < 1.29 is 4.42 Å². The molecule has 47 heavy (non-hydrogen) atoms. The minimum absolute atomic E-state index is 0.0200. The highest BCUT2D eigenvalue weighted by atomic mass is 16.3. The van der Waals surface area contributed by atoms with Crippen molar-refractivity contribution in [2.45, 2.75) is 12.2 Å². The minimum Gasteiger partial charge on any atom is -0.456 e. The molecular weight excluding hydrogens is 576 g/mol. The quantitative estimate of drug-likeness (QED) is 0.205. The van der Waals surface area contributed by atoms with Gasteiger partial charge in [0.1, 0.15) is 23.0 Å². The third-order valence-electron chi connectivity index (χ3n) is 9.07. The summed E-state index contributed by atoms with van der Waals surface area (Å²) in [6.45, 7) is 0. The lowest BCUT2D eigenvalue weighted by molar-refractivity contribution is 0.582. The second kappa shape index (κ2) is 11.3. The largest absolute Gasteiger partial charge is 0.456 e. The van der Waals surface area contributed by atoms with Gasteiger partial charge in [-0.2, -0.15) is 0 Å². The molecule has 5 nitrogen and oxygen atoms in total. The molecule has 0 fully saturated rings. The molecule has 2 aliphatic rings. The van der Waals surface area contributed by atoms with Gasteiger partial charge >= 0.3 is 0 Å². The lowest BCUT2D eigenvalue weighted by Crippen LogP contribution is -2.36. The molecule has 7 aromatic rings. The maximum Gasteiger partial charge on any atom is 0.169 e. The first kappa shape index (κ1) is 27.1. The zero-order valence-electron chi connectivity index (χ0n) is 25.5. The molecule has 0 amide bonds. The van der Waals surface area contributed by atoms with E-state index in [4.69, 9.17) is 14.4 Å². The molecule has 6 aromatic carbocycles. The van der Waals surface area contributed by atoms with Crippen LogP contribution in [0.4, 0.5) is 0 Å². The number of para-hydroxylation sites is 1. The van der Waals surface area contributed by atoms with Crippen LogP contribution in [-0.4, -0.2) is 11.7 Å². The van der Waals surface area contributed by atoms with E-state index in [1.54, 1.807) is 0 Å². The summed E-state index contributed by atoms with van der Waals surface area (Å²) < 4.78 is 6.22. The molecular formula is C42H30N4O. The summed E-state index contributed by atoms with van der Waals surface area (Å²) in [5.41, 5.74) is 8.74. The van der Waals surface area contributed by atoms with Gasteiger partial charge in [-0.05, 0) is 45.2 Å². The Morgan fingerprint density at radius 2 is 1.15 bits per heavy atom. The molecule has 0 spiro atoms. The lowest BCUT2D eigenvalue weighted by Gasteiger charge is -2.24. The maximum atomic E-state index is 6.22. The fraction of sp³-hybridized carbons (Fsp3) is 0.0476. The molecule has 5 heteroatoms. The third kappa shape index (κ3) is 4.80. The monoisotopic (exact) mass is 606 g/mol. The van der Waals surface area contributed by atoms with Crippen LogP contribution in [0.15, 0.2) is 166 Å². The smallest absolute Gasteiger partial charge is 0.169 e. The van der Waals surface area contributed by atoms with Gasteiger partial charge in [-0.1, -0.05) is 140 Å². The Bertz CT molecular complexity index is 2350. The van der Waals surface area contributed by atoms with E-state index in [1.807, 2.05) is 60.8 Å². The van der Waals surface area contributed by atoms with Gasteiger partial charge < -0.3 is 15.1 Å². The first-order valence-corrected chi connectivity index (χ1v) is 15.9. The van der Waals surface area contributed by atoms with E-state index in [9.17, 15) is 0 Å². The number of benzene rings is 6. The van der Waals surface area contributed by atoms with Crippen molar-refractivity contribution in [3.05, 3.63) is 185 Å². The average Bonchev–Trinajstić information content (AvgIpc) is 3.54. The van der Waals surface area contributed by atoms with Gasteiger partial charge in [0.2, 0.25) is 0 Å². The Balaban J connectivity index is 1.08. The van der Waals surface area contributed by atoms with Gasteiger partial charge in [0.15, 0.2) is 6.17 Å². The number of furan rings is 1. The number of hydrogen-bond acceptors (Lipinski definition) is 5. The Hall–Kier alpha value is -6.20. The molecule has 2 atom stereocenters. The average molecular weight is 607 g/mol. The highest BCUT2D eigenvalue weighted by molar-refractivity contribution is 6.16. The first-order chi connectivity index (χ1) is 23.3. The standard InChI is InChI=1S/C42H30N4O/c1-3-11-28(12-4-1)40-44-41(29-13-5-2-6-14-29)46-42(45-40)30-21-19-27(20-22-30)31-23-24-34(33-16-8-7-15-32(31)33)39-38-35-17-9-10-18-36(35)47-37(38)25-26-43-39/h1-26,39-40,43H,(H,44,45,46). The molecule has 0 saturated heterocycles. The Morgan fingerprint density at radius 3 is 1.91 bits per heavy atom. The summed E-state index contributed by atoms with van der Waals surface area (Å²) in [7, 11) is 0. The van der Waals surface area contributed by atoms with E-state index in [0.29, 0.717) is 0 Å². The summed E-state index contributed by atoms with van der Waals surface area (Å²) in [5.74, 6) is 2.53. The topological polar surface area (TPSA) is 61.9 Å². The summed E-state index contributed by atoms with van der Waals surface area (Å²) in [6, 6.07) is 50.6. The molecule has 2 unspecified atom stereocenters. The van der Waals surface area contributed by atoms with Crippen LogP contribution in [-0.2, 0) is 0 Å². The van der Waals surface area contributed by atoms with Crippen LogP contribution in [0.25, 0.3) is 38.9 Å². The van der Waals surface area contributed by atoms with Gasteiger partial charge in [0.05, 0.1) is 6.04 Å². The van der Waals surface area contributed by atoms with E-state index in [-0.39, 0.29) is 12.2 Å². The zero-order valence-corrected chi connectivity index (χ0v) is 25.5. The van der Waals surface area contributed by atoms with E-state index >= 15 is 0 Å². The fourth-order valence-electron chi connectivity index (χ4n) is 6.80. The van der Waals surface area contributed by atoms with Crippen LogP contribution in [0.2, 0.25) is 0 Å². The van der Waals surface area contributed by atoms with Crippen LogP contribution < -0.4 is 10.6 Å². The normalized spacial score (nSPS) is 17.0. The Kier molecular flexibility index (Phi) is 6.53. The summed E-state index contributed by atoms with van der Waals surface area (Å²) >= 11 is 0. The van der Waals surface area contributed by atoms with Crippen LogP contribution in [0.5, 0.6) is 0 Å². The van der Waals surface area contributed by atoms with E-state index in [1.165, 1.54) is 27.5 Å². The van der Waals surface area contributed by atoms with E-state index < -0.39 is 0 Å². The first-order valence-electron chi connectivity index (χ1n) is 15.9. The van der Waals surface area contributed by atoms with Crippen molar-refractivity contribution in [1.82, 2.24) is 10.6 Å². The predicted molar refractivity (Wildman–Crippen MR) is 191 cm³/mol.